The molecule has 0 aromatic carbocycles. The van der Waals surface area contributed by atoms with Gasteiger partial charge in [0.25, 0.3) is 0 Å². The van der Waals surface area contributed by atoms with E-state index in [-0.39, 0.29) is 24.3 Å². The van der Waals surface area contributed by atoms with Crippen LogP contribution in [-0.4, -0.2) is 35.9 Å². The van der Waals surface area contributed by atoms with Crippen LogP contribution in [0.5, 0.6) is 0 Å². The zero-order valence-electron chi connectivity index (χ0n) is 16.2. The van der Waals surface area contributed by atoms with Crippen LogP contribution in [0.3, 0.4) is 0 Å². The molecule has 25 heavy (non-hydrogen) atoms. The lowest BCUT2D eigenvalue weighted by atomic mass is 9.66. The quantitative estimate of drug-likeness (QED) is 0.416. The van der Waals surface area contributed by atoms with Gasteiger partial charge in [0.2, 0.25) is 5.60 Å². The lowest BCUT2D eigenvalue weighted by Crippen LogP contribution is -2.49. The third kappa shape index (κ3) is 2.54. The highest BCUT2D eigenvalue weighted by Crippen LogP contribution is 2.65. The van der Waals surface area contributed by atoms with Crippen molar-refractivity contribution in [2.75, 3.05) is 6.61 Å². The molecule has 2 heterocycles. The van der Waals surface area contributed by atoms with Gasteiger partial charge in [-0.2, -0.15) is 0 Å². The maximum absolute atomic E-state index is 12.8. The third-order valence-corrected chi connectivity index (χ3v) is 7.01. The first-order chi connectivity index (χ1) is 11.5. The van der Waals surface area contributed by atoms with Gasteiger partial charge >= 0.3 is 11.9 Å². The number of ether oxygens (including phenoxy) is 3. The zero-order chi connectivity index (χ0) is 18.7. The topological polar surface area (TPSA) is 65.1 Å². The number of allylic oxidation sites excluding steroid dienone is 2. The number of rotatable bonds is 6. The van der Waals surface area contributed by atoms with Crippen LogP contribution in [0, 0.1) is 10.8 Å². The molecule has 0 amide bonds. The van der Waals surface area contributed by atoms with Gasteiger partial charge in [-0.1, -0.05) is 25.5 Å². The van der Waals surface area contributed by atoms with Crippen molar-refractivity contribution < 1.29 is 23.8 Å². The Bertz CT molecular complexity index is 632. The van der Waals surface area contributed by atoms with Crippen LogP contribution in [0.4, 0.5) is 0 Å². The molecule has 2 aliphatic heterocycles. The van der Waals surface area contributed by atoms with Crippen LogP contribution in [0.25, 0.3) is 0 Å². The summed E-state index contributed by atoms with van der Waals surface area (Å²) in [5, 5.41) is 0. The molecule has 0 radical (unpaired) electrons. The molecule has 3 aliphatic rings. The van der Waals surface area contributed by atoms with E-state index in [9.17, 15) is 9.59 Å². The molecule has 0 aromatic heterocycles. The smallest absolute Gasteiger partial charge is 0.351 e. The average molecular weight is 350 g/mol. The lowest BCUT2D eigenvalue weighted by Gasteiger charge is -2.34. The van der Waals surface area contributed by atoms with Gasteiger partial charge in [0.15, 0.2) is 0 Å². The van der Waals surface area contributed by atoms with E-state index >= 15 is 0 Å². The predicted octanol–water partition coefficient (Wildman–Crippen LogP) is 3.56. The Labute approximate surface area is 150 Å². The van der Waals surface area contributed by atoms with Gasteiger partial charge in [0.05, 0.1) is 11.0 Å². The second-order valence-corrected chi connectivity index (χ2v) is 9.01. The Morgan fingerprint density at radius 3 is 2.44 bits per heavy atom. The summed E-state index contributed by atoms with van der Waals surface area (Å²) in [6, 6.07) is 0. The van der Waals surface area contributed by atoms with E-state index in [2.05, 4.69) is 26.8 Å². The zero-order valence-corrected chi connectivity index (χ0v) is 16.2. The van der Waals surface area contributed by atoms with Crippen LogP contribution in [-0.2, 0) is 23.8 Å². The highest BCUT2D eigenvalue weighted by Gasteiger charge is 2.76. The average Bonchev–Trinajstić information content (AvgIpc) is 3.07. The fourth-order valence-corrected chi connectivity index (χ4v) is 4.34. The van der Waals surface area contributed by atoms with Crippen molar-refractivity contribution in [3.05, 3.63) is 11.6 Å². The molecular formula is C20H30O5. The van der Waals surface area contributed by atoms with Crippen LogP contribution in [0.15, 0.2) is 11.6 Å². The minimum Gasteiger partial charge on any atom is -0.460 e. The third-order valence-electron chi connectivity index (χ3n) is 7.01. The van der Waals surface area contributed by atoms with E-state index in [1.54, 1.807) is 0 Å². The first kappa shape index (κ1) is 18.4. The maximum Gasteiger partial charge on any atom is 0.351 e. The Balaban J connectivity index is 1.58. The van der Waals surface area contributed by atoms with E-state index in [4.69, 9.17) is 14.2 Å². The molecule has 1 aliphatic carbocycles. The van der Waals surface area contributed by atoms with Crippen molar-refractivity contribution in [3.63, 3.8) is 0 Å². The predicted molar refractivity (Wildman–Crippen MR) is 92.8 cm³/mol. The second-order valence-electron chi connectivity index (χ2n) is 9.01. The summed E-state index contributed by atoms with van der Waals surface area (Å²) in [7, 11) is 0. The van der Waals surface area contributed by atoms with Crippen LogP contribution in [0.1, 0.15) is 67.2 Å². The van der Waals surface area contributed by atoms with E-state index in [1.807, 2.05) is 20.8 Å². The molecule has 2 unspecified atom stereocenters. The van der Waals surface area contributed by atoms with Crippen molar-refractivity contribution in [1.29, 1.82) is 0 Å². The normalized spacial score (nSPS) is 40.6. The molecule has 2 saturated heterocycles. The summed E-state index contributed by atoms with van der Waals surface area (Å²) in [6.45, 7) is 12.2. The van der Waals surface area contributed by atoms with Gasteiger partial charge in [0.1, 0.15) is 12.7 Å². The standard InChI is InChI=1S/C20H30O5/c1-13(2)8-7-9-19(6)14(24-19)12-23-16(22)20-11-10-18(5,15(21)25-20)17(20,3)4/h8,14H,7,9-12H2,1-6H3/t14-,18?,19-,20?/m0/s1. The largest absolute Gasteiger partial charge is 0.460 e. The molecule has 3 fully saturated rings. The van der Waals surface area contributed by atoms with Gasteiger partial charge in [-0.3, -0.25) is 4.79 Å². The van der Waals surface area contributed by atoms with E-state index in [1.165, 1.54) is 5.57 Å². The van der Waals surface area contributed by atoms with Gasteiger partial charge < -0.3 is 14.2 Å². The van der Waals surface area contributed by atoms with E-state index < -0.39 is 22.4 Å². The maximum atomic E-state index is 12.8. The first-order valence-corrected chi connectivity index (χ1v) is 9.20. The molecule has 0 N–H and O–H groups in total. The highest BCUT2D eigenvalue weighted by atomic mass is 16.7. The number of carbonyl (C=O) groups excluding carboxylic acids is 2. The lowest BCUT2D eigenvalue weighted by molar-refractivity contribution is -0.183. The number of hydrogen-bond acceptors (Lipinski definition) is 5. The minimum atomic E-state index is -1.15. The SMILES string of the molecule is CC(C)=CCC[C@]1(C)O[C@H]1COC(=O)C12CCC(C)(C(=O)O1)C2(C)C. The number of epoxide rings is 1. The summed E-state index contributed by atoms with van der Waals surface area (Å²) in [6.07, 6.45) is 5.17. The molecule has 0 aromatic rings. The first-order valence-electron chi connectivity index (χ1n) is 9.20. The molecule has 4 atom stereocenters. The Kier molecular flexibility index (Phi) is 4.10. The van der Waals surface area contributed by atoms with Crippen molar-refractivity contribution >= 4 is 11.9 Å². The number of carbonyl (C=O) groups is 2. The molecule has 3 rings (SSSR count). The summed E-state index contributed by atoms with van der Waals surface area (Å²) in [4.78, 5) is 25.1. The summed E-state index contributed by atoms with van der Waals surface area (Å²) >= 11 is 0. The highest BCUT2D eigenvalue weighted by molar-refractivity contribution is 5.93. The van der Waals surface area contributed by atoms with Gasteiger partial charge in [-0.05, 0) is 53.4 Å². The minimum absolute atomic E-state index is 0.0774. The van der Waals surface area contributed by atoms with Gasteiger partial charge in [-0.25, -0.2) is 4.79 Å². The molecule has 5 heteroatoms. The number of fused-ring (bicyclic) bond motifs is 2. The number of hydrogen-bond donors (Lipinski definition) is 0. The fourth-order valence-electron chi connectivity index (χ4n) is 4.34. The fraction of sp³-hybridized carbons (Fsp3) is 0.800. The molecule has 140 valence electrons. The monoisotopic (exact) mass is 350 g/mol. The molecule has 1 saturated carbocycles. The van der Waals surface area contributed by atoms with Gasteiger partial charge in [0, 0.05) is 5.41 Å². The second kappa shape index (κ2) is 5.57. The summed E-state index contributed by atoms with van der Waals surface area (Å²) in [5.74, 6) is -0.704. The van der Waals surface area contributed by atoms with Crippen LogP contribution in [0.2, 0.25) is 0 Å². The molecular weight excluding hydrogens is 320 g/mol. The number of esters is 2. The van der Waals surface area contributed by atoms with E-state index in [0.717, 1.165) is 12.8 Å². The van der Waals surface area contributed by atoms with Crippen molar-refractivity contribution in [2.24, 2.45) is 10.8 Å². The summed E-state index contributed by atoms with van der Waals surface area (Å²) < 4.78 is 16.9. The Morgan fingerprint density at radius 1 is 1.24 bits per heavy atom. The Hall–Kier alpha value is -1.36. The van der Waals surface area contributed by atoms with Gasteiger partial charge in [-0.15, -0.1) is 0 Å². The van der Waals surface area contributed by atoms with Crippen LogP contribution >= 0.6 is 0 Å². The summed E-state index contributed by atoms with van der Waals surface area (Å²) in [5.41, 5.74) is -1.25. The van der Waals surface area contributed by atoms with Crippen LogP contribution < -0.4 is 0 Å². The van der Waals surface area contributed by atoms with Crippen molar-refractivity contribution in [3.8, 4) is 0 Å². The van der Waals surface area contributed by atoms with E-state index in [0.29, 0.717) is 12.8 Å². The Morgan fingerprint density at radius 2 is 1.92 bits per heavy atom. The molecule has 5 nitrogen and oxygen atoms in total. The van der Waals surface area contributed by atoms with Crippen molar-refractivity contribution in [2.45, 2.75) is 84.5 Å². The molecule has 2 bridgehead atoms. The molecule has 0 spiro atoms. The van der Waals surface area contributed by atoms with Crippen molar-refractivity contribution in [1.82, 2.24) is 0 Å².